The Hall–Kier alpha value is -0.755. The van der Waals surface area contributed by atoms with Crippen molar-refractivity contribution >= 4 is 13.3 Å². The monoisotopic (exact) mass is 186 g/mol. The number of aliphatic hydroxyl groups is 1. The SMILES string of the molecule is [B]c1ccc(CC2CCCC2O)cc1. The standard InChI is InChI=1S/C12H15BO/c13-11-6-4-9(5-7-11)8-10-2-1-3-12(10)14/h4-7,10,12,14H,1-3,8H2. The molecule has 0 saturated heterocycles. The first-order chi connectivity index (χ1) is 6.75. The van der Waals surface area contributed by atoms with Crippen LogP contribution in [0.5, 0.6) is 0 Å². The molecule has 2 unspecified atom stereocenters. The molecule has 0 aliphatic heterocycles. The van der Waals surface area contributed by atoms with Crippen LogP contribution in [0.2, 0.25) is 0 Å². The zero-order chi connectivity index (χ0) is 9.97. The molecule has 0 bridgehead atoms. The quantitative estimate of drug-likeness (QED) is 0.687. The van der Waals surface area contributed by atoms with Crippen molar-refractivity contribution in [1.82, 2.24) is 0 Å². The van der Waals surface area contributed by atoms with Crippen molar-refractivity contribution in [3.8, 4) is 0 Å². The van der Waals surface area contributed by atoms with Gasteiger partial charge >= 0.3 is 0 Å². The fourth-order valence-corrected chi connectivity index (χ4v) is 2.21. The summed E-state index contributed by atoms with van der Waals surface area (Å²) in [6.07, 6.45) is 4.19. The van der Waals surface area contributed by atoms with E-state index in [4.69, 9.17) is 7.85 Å². The van der Waals surface area contributed by atoms with E-state index in [1.165, 1.54) is 12.0 Å². The van der Waals surface area contributed by atoms with Crippen LogP contribution in [-0.4, -0.2) is 19.1 Å². The van der Waals surface area contributed by atoms with Crippen LogP contribution in [0.15, 0.2) is 24.3 Å². The van der Waals surface area contributed by atoms with Gasteiger partial charge in [0.15, 0.2) is 0 Å². The normalized spacial score (nSPS) is 26.6. The second-order valence-electron chi connectivity index (χ2n) is 4.20. The van der Waals surface area contributed by atoms with Crippen LogP contribution in [0.4, 0.5) is 0 Å². The molecule has 1 nitrogen and oxygen atoms in total. The van der Waals surface area contributed by atoms with Gasteiger partial charge in [0.1, 0.15) is 7.85 Å². The van der Waals surface area contributed by atoms with Crippen molar-refractivity contribution in [2.45, 2.75) is 31.8 Å². The molecule has 1 saturated carbocycles. The van der Waals surface area contributed by atoms with Gasteiger partial charge in [-0.3, -0.25) is 0 Å². The summed E-state index contributed by atoms with van der Waals surface area (Å²) in [7, 11) is 5.61. The van der Waals surface area contributed by atoms with E-state index in [1.54, 1.807) is 0 Å². The lowest BCUT2D eigenvalue weighted by Gasteiger charge is -2.14. The maximum absolute atomic E-state index is 9.68. The van der Waals surface area contributed by atoms with Gasteiger partial charge < -0.3 is 5.11 Å². The highest BCUT2D eigenvalue weighted by Crippen LogP contribution is 2.28. The maximum Gasteiger partial charge on any atom is 0.113 e. The molecule has 1 aromatic carbocycles. The van der Waals surface area contributed by atoms with E-state index < -0.39 is 0 Å². The highest BCUT2D eigenvalue weighted by molar-refractivity contribution is 6.32. The first-order valence-electron chi connectivity index (χ1n) is 5.28. The van der Waals surface area contributed by atoms with Gasteiger partial charge in [-0.15, -0.1) is 0 Å². The van der Waals surface area contributed by atoms with Crippen molar-refractivity contribution in [2.24, 2.45) is 5.92 Å². The molecule has 1 aliphatic rings. The minimum absolute atomic E-state index is 0.0902. The Kier molecular flexibility index (Phi) is 2.92. The van der Waals surface area contributed by atoms with E-state index >= 15 is 0 Å². The summed E-state index contributed by atoms with van der Waals surface area (Å²) in [6.45, 7) is 0. The van der Waals surface area contributed by atoms with Gasteiger partial charge in [0.05, 0.1) is 6.10 Å². The highest BCUT2D eigenvalue weighted by atomic mass is 16.3. The summed E-state index contributed by atoms with van der Waals surface area (Å²) in [5, 5.41) is 9.68. The average Bonchev–Trinajstić information content (AvgIpc) is 2.56. The first kappa shape index (κ1) is 9.79. The van der Waals surface area contributed by atoms with E-state index in [9.17, 15) is 5.11 Å². The number of rotatable bonds is 2. The molecule has 2 radical (unpaired) electrons. The Balaban J connectivity index is 2.00. The van der Waals surface area contributed by atoms with E-state index in [-0.39, 0.29) is 6.10 Å². The number of hydrogen-bond donors (Lipinski definition) is 1. The molecule has 1 N–H and O–H groups in total. The molecule has 2 heteroatoms. The third-order valence-corrected chi connectivity index (χ3v) is 3.10. The van der Waals surface area contributed by atoms with Gasteiger partial charge in [0, 0.05) is 0 Å². The van der Waals surface area contributed by atoms with E-state index in [0.29, 0.717) is 5.92 Å². The van der Waals surface area contributed by atoms with Crippen molar-refractivity contribution < 1.29 is 5.11 Å². The zero-order valence-corrected chi connectivity index (χ0v) is 8.32. The number of hydrogen-bond acceptors (Lipinski definition) is 1. The second-order valence-corrected chi connectivity index (χ2v) is 4.20. The average molecular weight is 186 g/mol. The van der Waals surface area contributed by atoms with Crippen molar-refractivity contribution in [1.29, 1.82) is 0 Å². The molecule has 0 spiro atoms. The molecule has 72 valence electrons. The summed E-state index contributed by atoms with van der Waals surface area (Å²) >= 11 is 0. The van der Waals surface area contributed by atoms with Crippen LogP contribution >= 0.6 is 0 Å². The third-order valence-electron chi connectivity index (χ3n) is 3.10. The molecular weight excluding hydrogens is 171 g/mol. The summed E-state index contributed by atoms with van der Waals surface area (Å²) < 4.78 is 0. The molecule has 14 heavy (non-hydrogen) atoms. The van der Waals surface area contributed by atoms with Gasteiger partial charge in [0.2, 0.25) is 0 Å². The Morgan fingerprint density at radius 3 is 2.50 bits per heavy atom. The Labute approximate surface area is 86.6 Å². The topological polar surface area (TPSA) is 20.2 Å². The molecular formula is C12H15BO. The molecule has 0 aromatic heterocycles. The Bertz CT molecular complexity index is 294. The van der Waals surface area contributed by atoms with E-state index in [0.717, 1.165) is 24.7 Å². The van der Waals surface area contributed by atoms with Crippen LogP contribution in [0.25, 0.3) is 0 Å². The number of aliphatic hydroxyl groups excluding tert-OH is 1. The minimum atomic E-state index is -0.0902. The molecule has 1 aliphatic carbocycles. The fraction of sp³-hybridized carbons (Fsp3) is 0.500. The molecule has 0 heterocycles. The predicted molar refractivity (Wildman–Crippen MR) is 58.9 cm³/mol. The summed E-state index contributed by atoms with van der Waals surface area (Å²) in [6, 6.07) is 7.97. The maximum atomic E-state index is 9.68. The molecule has 2 atom stereocenters. The van der Waals surface area contributed by atoms with Crippen LogP contribution in [-0.2, 0) is 6.42 Å². The van der Waals surface area contributed by atoms with Crippen molar-refractivity contribution in [2.75, 3.05) is 0 Å². The van der Waals surface area contributed by atoms with E-state index in [2.05, 4.69) is 12.1 Å². The van der Waals surface area contributed by atoms with Gasteiger partial charge in [-0.25, -0.2) is 0 Å². The van der Waals surface area contributed by atoms with Gasteiger partial charge in [-0.1, -0.05) is 36.1 Å². The van der Waals surface area contributed by atoms with Crippen LogP contribution < -0.4 is 5.46 Å². The smallest absolute Gasteiger partial charge is 0.113 e. The lowest BCUT2D eigenvalue weighted by atomic mass is 9.91. The van der Waals surface area contributed by atoms with Gasteiger partial charge in [-0.05, 0) is 30.7 Å². The summed E-state index contributed by atoms with van der Waals surface area (Å²) in [4.78, 5) is 0. The van der Waals surface area contributed by atoms with Crippen LogP contribution in [0.1, 0.15) is 24.8 Å². The Morgan fingerprint density at radius 2 is 1.93 bits per heavy atom. The largest absolute Gasteiger partial charge is 0.393 e. The summed E-state index contributed by atoms with van der Waals surface area (Å²) in [5.74, 6) is 0.457. The lowest BCUT2D eigenvalue weighted by molar-refractivity contribution is 0.133. The molecule has 2 rings (SSSR count). The van der Waals surface area contributed by atoms with Crippen molar-refractivity contribution in [3.63, 3.8) is 0 Å². The van der Waals surface area contributed by atoms with Gasteiger partial charge in [0.25, 0.3) is 0 Å². The zero-order valence-electron chi connectivity index (χ0n) is 8.32. The van der Waals surface area contributed by atoms with E-state index in [1.807, 2.05) is 12.1 Å². The fourth-order valence-electron chi connectivity index (χ4n) is 2.21. The third kappa shape index (κ3) is 2.18. The van der Waals surface area contributed by atoms with Gasteiger partial charge in [-0.2, -0.15) is 0 Å². The first-order valence-corrected chi connectivity index (χ1v) is 5.28. The molecule has 1 aromatic rings. The molecule has 1 fully saturated rings. The summed E-state index contributed by atoms with van der Waals surface area (Å²) in [5.41, 5.74) is 2.09. The molecule has 0 amide bonds. The second kappa shape index (κ2) is 4.18. The lowest BCUT2D eigenvalue weighted by Crippen LogP contribution is -2.15. The predicted octanol–water partition coefficient (Wildman–Crippen LogP) is 1.18. The van der Waals surface area contributed by atoms with Crippen molar-refractivity contribution in [3.05, 3.63) is 29.8 Å². The number of benzene rings is 1. The Morgan fingerprint density at radius 1 is 1.21 bits per heavy atom. The minimum Gasteiger partial charge on any atom is -0.393 e. The van der Waals surface area contributed by atoms with Crippen LogP contribution in [0.3, 0.4) is 0 Å². The highest BCUT2D eigenvalue weighted by Gasteiger charge is 2.24. The van der Waals surface area contributed by atoms with Crippen LogP contribution in [0, 0.1) is 5.92 Å².